The van der Waals surface area contributed by atoms with Crippen LogP contribution in [-0.2, 0) is 23.8 Å². The number of carbonyl (C=O) groups is 2. The van der Waals surface area contributed by atoms with E-state index >= 15 is 0 Å². The molecule has 2 aliphatic rings. The van der Waals surface area contributed by atoms with Crippen molar-refractivity contribution in [3.8, 4) is 0 Å². The molecule has 0 aromatic carbocycles. The Hall–Kier alpha value is -3.53. The second kappa shape index (κ2) is 37.5. The van der Waals surface area contributed by atoms with Crippen molar-refractivity contribution in [1.82, 2.24) is 5.32 Å². The number of allylic oxidation sites excluding steroid dienone is 6. The molecule has 18 nitrogen and oxygen atoms in total. The summed E-state index contributed by atoms with van der Waals surface area (Å²) in [7, 11) is 1.63. The number of aliphatic hydroxyl groups is 10. The molecule has 0 aliphatic carbocycles. The van der Waals surface area contributed by atoms with Gasteiger partial charge in [-0.15, -0.1) is 0 Å². The minimum absolute atomic E-state index is 0.0388. The summed E-state index contributed by atoms with van der Waals surface area (Å²) in [5, 5.41) is 115. The fourth-order valence-corrected chi connectivity index (χ4v) is 10.2. The Labute approximate surface area is 473 Å². The van der Waals surface area contributed by atoms with Crippen LogP contribution in [0, 0.1) is 35.5 Å². The Kier molecular flexibility index (Phi) is 34.0. The largest absolute Gasteiger partial charge is 0.462 e. The summed E-state index contributed by atoms with van der Waals surface area (Å²) in [5.74, 6) is -4.55. The number of rotatable bonds is 15. The highest BCUT2D eigenvalue weighted by atomic mass is 16.7. The molecule has 1 fully saturated rings. The number of nitrogens with one attached hydrogen (secondary N) is 1. The predicted molar refractivity (Wildman–Crippen MR) is 308 cm³/mol. The normalized spacial score (nSPS) is 35.0. The van der Waals surface area contributed by atoms with Crippen molar-refractivity contribution in [2.24, 2.45) is 46.2 Å². The molecule has 2 aliphatic heterocycles. The van der Waals surface area contributed by atoms with Crippen molar-refractivity contribution in [2.45, 2.75) is 257 Å². The van der Waals surface area contributed by atoms with Gasteiger partial charge in [-0.2, -0.15) is 0 Å². The van der Waals surface area contributed by atoms with Gasteiger partial charge in [-0.3, -0.25) is 9.79 Å². The molecule has 18 heteroatoms. The zero-order valence-electron chi connectivity index (χ0n) is 49.5. The molecule has 0 unspecified atom stereocenters. The minimum Gasteiger partial charge on any atom is -0.462 e. The Morgan fingerprint density at radius 2 is 1.42 bits per heavy atom. The smallest absolute Gasteiger partial charge is 0.334 e. The average molecular weight is 1120 g/mol. The van der Waals surface area contributed by atoms with Crippen LogP contribution >= 0.6 is 0 Å². The predicted octanol–water partition coefficient (Wildman–Crippen LogP) is 6.11. The second-order valence-electron chi connectivity index (χ2n) is 23.6. The first kappa shape index (κ1) is 71.6. The number of fused-ring (bicyclic) bond motifs is 2. The first-order valence-electron chi connectivity index (χ1n) is 29.4. The fraction of sp³-hybridized carbons (Fsp3) is 0.787. The number of carbonyl (C=O) groups excluding carboxylic acids is 2. The van der Waals surface area contributed by atoms with Crippen LogP contribution in [0.15, 0.2) is 64.7 Å². The van der Waals surface area contributed by atoms with Gasteiger partial charge in [-0.25, -0.2) is 4.79 Å². The van der Waals surface area contributed by atoms with Gasteiger partial charge < -0.3 is 76.3 Å². The number of ether oxygens (including phenoxy) is 3. The molecule has 0 amide bonds. The van der Waals surface area contributed by atoms with Crippen molar-refractivity contribution in [2.75, 3.05) is 13.6 Å². The first-order chi connectivity index (χ1) is 37.2. The Morgan fingerprint density at radius 3 is 2.09 bits per heavy atom. The fourth-order valence-electron chi connectivity index (χ4n) is 10.2. The van der Waals surface area contributed by atoms with Crippen molar-refractivity contribution in [1.29, 1.82) is 0 Å². The lowest BCUT2D eigenvalue weighted by molar-refractivity contribution is -0.333. The molecule has 0 saturated carbocycles. The van der Waals surface area contributed by atoms with E-state index in [9.17, 15) is 60.7 Å². The van der Waals surface area contributed by atoms with E-state index in [0.29, 0.717) is 29.4 Å². The summed E-state index contributed by atoms with van der Waals surface area (Å²) < 4.78 is 18.2. The molecule has 79 heavy (non-hydrogen) atoms. The average Bonchev–Trinajstić information content (AvgIpc) is 3.38. The van der Waals surface area contributed by atoms with Crippen molar-refractivity contribution >= 4 is 17.9 Å². The molecule has 2 rings (SSSR count). The van der Waals surface area contributed by atoms with Crippen molar-refractivity contribution in [3.05, 3.63) is 59.8 Å². The van der Waals surface area contributed by atoms with Crippen LogP contribution in [0.2, 0.25) is 0 Å². The summed E-state index contributed by atoms with van der Waals surface area (Å²) >= 11 is 0. The Morgan fingerprint density at radius 1 is 0.772 bits per heavy atom. The molecule has 18 atom stereocenters. The molecule has 2 bridgehead atoms. The van der Waals surface area contributed by atoms with E-state index in [0.717, 1.165) is 51.5 Å². The van der Waals surface area contributed by atoms with Gasteiger partial charge in [0.1, 0.15) is 18.3 Å². The maximum atomic E-state index is 13.7. The Balaban J connectivity index is 2.44. The highest BCUT2D eigenvalue weighted by Gasteiger charge is 2.50. The van der Waals surface area contributed by atoms with E-state index in [1.165, 1.54) is 0 Å². The number of esters is 2. The van der Waals surface area contributed by atoms with Gasteiger partial charge in [0.05, 0.1) is 54.9 Å². The monoisotopic (exact) mass is 1120 g/mol. The number of aliphatic hydroxyl groups excluding tert-OH is 9. The Bertz CT molecular complexity index is 1930. The van der Waals surface area contributed by atoms with E-state index in [1.807, 2.05) is 13.0 Å². The van der Waals surface area contributed by atoms with Crippen LogP contribution in [0.5, 0.6) is 0 Å². The van der Waals surface area contributed by atoms with E-state index < -0.39 is 115 Å². The summed E-state index contributed by atoms with van der Waals surface area (Å²) in [5.41, 5.74) is 6.59. The van der Waals surface area contributed by atoms with Gasteiger partial charge in [0.2, 0.25) is 0 Å². The standard InChI is InChI=1S/C61H107N3O15/c1-38(2)21-16-17-27-56(73)77-48-32-46(65)31-47(66)33-51(68)39(3)23-19-25-43(7)57(42(6)22-15-13-11-12-14-18-30-64-60(62)63-10)78-59(75)44(8)26-20-24-40(4)52(69)36-53(70)45(9)50(67)29-28-41(5)55(72)37-61(76)58(74)54(71)35-49(34-48)79-61/h11-12,19-20,23-26,38,40-43,45-55,57-58,65-72,74,76H,13-18,21-22,27-37H2,1-10H3,(H3,62,63,64)/t40-,41+,42+,43+,45+,46-,47-,48+,49+,50+,51+,52+,53+,54-,55+,57+,58+,61-/m1/s1. The second-order valence-corrected chi connectivity index (χ2v) is 23.6. The maximum absolute atomic E-state index is 13.7. The van der Waals surface area contributed by atoms with Crippen LogP contribution in [0.1, 0.15) is 178 Å². The van der Waals surface area contributed by atoms with Crippen LogP contribution in [0.4, 0.5) is 0 Å². The number of hydrogen-bond donors (Lipinski definition) is 12. The lowest BCUT2D eigenvalue weighted by Crippen LogP contribution is -2.60. The molecule has 13 N–H and O–H groups in total. The van der Waals surface area contributed by atoms with E-state index in [-0.39, 0.29) is 69.6 Å². The number of aliphatic imine (C=N–C) groups is 1. The van der Waals surface area contributed by atoms with Crippen LogP contribution in [-0.4, -0.2) is 162 Å². The summed E-state index contributed by atoms with van der Waals surface area (Å²) in [6.45, 7) is 17.4. The van der Waals surface area contributed by atoms with E-state index in [1.54, 1.807) is 72.0 Å². The quantitative estimate of drug-likeness (QED) is 0.0289. The zero-order chi connectivity index (χ0) is 59.4. The topological polar surface area (TPSA) is 315 Å². The van der Waals surface area contributed by atoms with Gasteiger partial charge in [0.15, 0.2) is 11.7 Å². The molecule has 0 spiro atoms. The van der Waals surface area contributed by atoms with Gasteiger partial charge in [-0.05, 0) is 95.0 Å². The number of guanidine groups is 1. The molecule has 0 aromatic rings. The molecule has 0 aromatic heterocycles. The molecular formula is C61H107N3O15. The number of hydrogen-bond acceptors (Lipinski definition) is 16. The molecule has 2 heterocycles. The lowest BCUT2D eigenvalue weighted by atomic mass is 9.84. The highest BCUT2D eigenvalue weighted by Crippen LogP contribution is 2.36. The van der Waals surface area contributed by atoms with Crippen LogP contribution in [0.25, 0.3) is 0 Å². The number of unbranched alkanes of at least 4 members (excludes halogenated alkanes) is 3. The van der Waals surface area contributed by atoms with Crippen LogP contribution in [0.3, 0.4) is 0 Å². The molecular weight excluding hydrogens is 1010 g/mol. The molecule has 456 valence electrons. The number of cyclic esters (lactones) is 1. The summed E-state index contributed by atoms with van der Waals surface area (Å²) in [4.78, 5) is 30.8. The third kappa shape index (κ3) is 27.9. The van der Waals surface area contributed by atoms with Crippen molar-refractivity contribution < 1.29 is 74.9 Å². The maximum Gasteiger partial charge on any atom is 0.334 e. The van der Waals surface area contributed by atoms with Gasteiger partial charge >= 0.3 is 11.9 Å². The number of nitrogens with zero attached hydrogens (tertiary/aromatic N) is 1. The lowest BCUT2D eigenvalue weighted by Gasteiger charge is -2.45. The summed E-state index contributed by atoms with van der Waals surface area (Å²) in [6, 6.07) is 0. The molecule has 0 radical (unpaired) electrons. The van der Waals surface area contributed by atoms with Gasteiger partial charge in [0, 0.05) is 81.9 Å². The highest BCUT2D eigenvalue weighted by molar-refractivity contribution is 5.88. The van der Waals surface area contributed by atoms with Gasteiger partial charge in [-0.1, -0.05) is 110 Å². The van der Waals surface area contributed by atoms with Crippen molar-refractivity contribution in [3.63, 3.8) is 0 Å². The third-order valence-corrected chi connectivity index (χ3v) is 15.9. The zero-order valence-corrected chi connectivity index (χ0v) is 49.5. The van der Waals surface area contributed by atoms with Crippen LogP contribution < -0.4 is 11.1 Å². The van der Waals surface area contributed by atoms with E-state index in [2.05, 4.69) is 43.2 Å². The third-order valence-electron chi connectivity index (χ3n) is 15.9. The van der Waals surface area contributed by atoms with E-state index in [4.69, 9.17) is 19.9 Å². The molecule has 1 saturated heterocycles. The first-order valence-corrected chi connectivity index (χ1v) is 29.4. The minimum atomic E-state index is -2.43. The van der Waals surface area contributed by atoms with Gasteiger partial charge in [0.25, 0.3) is 0 Å². The summed E-state index contributed by atoms with van der Waals surface area (Å²) in [6.07, 6.45) is 6.83. The SMILES string of the molecule is CN=C(N)NCCCC=CCCC[C@H](C)[C@@H]1OC(=O)C(C)=CC=C[C@@H](C)[C@@H](O)C[C@H](O)[C@@H](C)[C@@H](O)CC[C@H](C)[C@@H](O)C[C@@]2(O)O[C@@H](C[C@@H](OC(=O)CCCCC(C)C)C[C@H](O)C[C@@H](O)C[C@H](O)C(C)=CC=C[C@@H]1C)C[C@@H](O)[C@@H]2O. The number of nitrogens with two attached hydrogens (primary N) is 1.